The van der Waals surface area contributed by atoms with Gasteiger partial charge in [-0.3, -0.25) is 10.1 Å². The van der Waals surface area contributed by atoms with Crippen molar-refractivity contribution in [1.29, 1.82) is 0 Å². The Hall–Kier alpha value is -1.33. The van der Waals surface area contributed by atoms with Gasteiger partial charge in [-0.1, -0.05) is 24.6 Å². The lowest BCUT2D eigenvalue weighted by molar-refractivity contribution is -0.384. The number of anilines is 1. The summed E-state index contributed by atoms with van der Waals surface area (Å²) < 4.78 is 0. The third kappa shape index (κ3) is 2.57. The van der Waals surface area contributed by atoms with Crippen LogP contribution in [0.2, 0.25) is 5.02 Å². The summed E-state index contributed by atoms with van der Waals surface area (Å²) >= 11 is 6.12. The van der Waals surface area contributed by atoms with Gasteiger partial charge in [0, 0.05) is 32.2 Å². The van der Waals surface area contributed by atoms with E-state index in [4.69, 9.17) is 11.6 Å². The highest BCUT2D eigenvalue weighted by Gasteiger charge is 2.25. The first-order valence-corrected chi connectivity index (χ1v) is 6.41. The van der Waals surface area contributed by atoms with Crippen LogP contribution in [0.5, 0.6) is 0 Å². The van der Waals surface area contributed by atoms with Gasteiger partial charge in [0.15, 0.2) is 0 Å². The van der Waals surface area contributed by atoms with Gasteiger partial charge in [0.05, 0.1) is 9.95 Å². The number of halogens is 1. The van der Waals surface area contributed by atoms with Gasteiger partial charge in [-0.05, 0) is 12.6 Å². The topological polar surface area (TPSA) is 49.6 Å². The molecule has 0 spiro atoms. The van der Waals surface area contributed by atoms with E-state index in [0.717, 1.165) is 32.7 Å². The second-order valence-corrected chi connectivity index (χ2v) is 4.69. The van der Waals surface area contributed by atoms with Crippen LogP contribution in [0.4, 0.5) is 11.4 Å². The molecule has 0 amide bonds. The van der Waals surface area contributed by atoms with Crippen molar-refractivity contribution in [2.24, 2.45) is 0 Å². The second-order valence-electron chi connectivity index (χ2n) is 4.29. The minimum atomic E-state index is -0.368. The van der Waals surface area contributed by atoms with Crippen molar-refractivity contribution in [2.45, 2.75) is 6.92 Å². The molecule has 1 aromatic rings. The number of likely N-dealkylation sites (N-methyl/N-ethyl adjacent to an activating group) is 1. The van der Waals surface area contributed by atoms with E-state index >= 15 is 0 Å². The average molecular weight is 270 g/mol. The normalized spacial score (nSPS) is 16.9. The minimum Gasteiger partial charge on any atom is -0.362 e. The van der Waals surface area contributed by atoms with Crippen molar-refractivity contribution < 1.29 is 4.92 Å². The van der Waals surface area contributed by atoms with Crippen LogP contribution in [0.3, 0.4) is 0 Å². The quantitative estimate of drug-likeness (QED) is 0.624. The highest BCUT2D eigenvalue weighted by molar-refractivity contribution is 6.33. The largest absolute Gasteiger partial charge is 0.362 e. The standard InChI is InChI=1S/C12H16ClN3O2/c1-2-14-6-8-15(9-7-14)12-10(13)4-3-5-11(12)16(17)18/h3-5H,2,6-9H2,1H3. The Balaban J connectivity index is 2.26. The maximum atomic E-state index is 11.0. The average Bonchev–Trinajstić information content (AvgIpc) is 2.38. The molecule has 0 N–H and O–H groups in total. The molecule has 1 aromatic carbocycles. The SMILES string of the molecule is CCN1CCN(c2c(Cl)cccc2[N+](=O)[O-])CC1. The highest BCUT2D eigenvalue weighted by Crippen LogP contribution is 2.35. The van der Waals surface area contributed by atoms with Crippen molar-refractivity contribution in [3.63, 3.8) is 0 Å². The summed E-state index contributed by atoms with van der Waals surface area (Å²) in [5.74, 6) is 0. The molecule has 1 aliphatic rings. The van der Waals surface area contributed by atoms with Crippen molar-refractivity contribution in [3.05, 3.63) is 33.3 Å². The molecule has 1 aliphatic heterocycles. The van der Waals surface area contributed by atoms with Crippen molar-refractivity contribution in [3.8, 4) is 0 Å². The van der Waals surface area contributed by atoms with E-state index in [0.29, 0.717) is 10.7 Å². The van der Waals surface area contributed by atoms with E-state index in [-0.39, 0.29) is 10.6 Å². The van der Waals surface area contributed by atoms with Gasteiger partial charge in [0.2, 0.25) is 0 Å². The van der Waals surface area contributed by atoms with E-state index in [1.54, 1.807) is 12.1 Å². The zero-order valence-corrected chi connectivity index (χ0v) is 11.1. The zero-order valence-electron chi connectivity index (χ0n) is 10.3. The predicted octanol–water partition coefficient (Wildman–Crippen LogP) is 2.39. The fourth-order valence-corrected chi connectivity index (χ4v) is 2.54. The van der Waals surface area contributed by atoms with E-state index < -0.39 is 0 Å². The summed E-state index contributed by atoms with van der Waals surface area (Å²) in [5.41, 5.74) is 0.646. The maximum absolute atomic E-state index is 11.0. The van der Waals surface area contributed by atoms with Gasteiger partial charge in [0.1, 0.15) is 5.69 Å². The van der Waals surface area contributed by atoms with Crippen molar-refractivity contribution in [1.82, 2.24) is 4.90 Å². The molecule has 0 saturated carbocycles. The van der Waals surface area contributed by atoms with E-state index in [2.05, 4.69) is 11.8 Å². The number of nitro benzene ring substituents is 1. The van der Waals surface area contributed by atoms with E-state index in [1.807, 2.05) is 4.90 Å². The monoisotopic (exact) mass is 269 g/mol. The van der Waals surface area contributed by atoms with E-state index in [9.17, 15) is 10.1 Å². The van der Waals surface area contributed by atoms with Crippen LogP contribution in [0, 0.1) is 10.1 Å². The molecule has 1 heterocycles. The molecule has 6 heteroatoms. The van der Waals surface area contributed by atoms with E-state index in [1.165, 1.54) is 6.07 Å². The number of benzene rings is 1. The lowest BCUT2D eigenvalue weighted by Crippen LogP contribution is -2.46. The van der Waals surface area contributed by atoms with Gasteiger partial charge >= 0.3 is 0 Å². The Morgan fingerprint density at radius 1 is 1.33 bits per heavy atom. The number of rotatable bonds is 3. The number of hydrogen-bond acceptors (Lipinski definition) is 4. The molecule has 18 heavy (non-hydrogen) atoms. The fraction of sp³-hybridized carbons (Fsp3) is 0.500. The molecular formula is C12H16ClN3O2. The molecule has 98 valence electrons. The molecule has 0 bridgehead atoms. The first-order chi connectivity index (χ1) is 8.63. The third-order valence-corrected chi connectivity index (χ3v) is 3.60. The Labute approximate surface area is 111 Å². The van der Waals surface area contributed by atoms with Gasteiger partial charge in [-0.2, -0.15) is 0 Å². The Bertz CT molecular complexity index is 445. The van der Waals surface area contributed by atoms with Crippen LogP contribution < -0.4 is 4.90 Å². The molecule has 0 aliphatic carbocycles. The summed E-state index contributed by atoms with van der Waals surface area (Å²) in [6.07, 6.45) is 0. The first-order valence-electron chi connectivity index (χ1n) is 6.03. The molecule has 2 rings (SSSR count). The van der Waals surface area contributed by atoms with Crippen molar-refractivity contribution in [2.75, 3.05) is 37.6 Å². The molecule has 5 nitrogen and oxygen atoms in total. The lowest BCUT2D eigenvalue weighted by Gasteiger charge is -2.35. The highest BCUT2D eigenvalue weighted by atomic mass is 35.5. The van der Waals surface area contributed by atoms with Gasteiger partial charge in [-0.15, -0.1) is 0 Å². The third-order valence-electron chi connectivity index (χ3n) is 3.30. The Morgan fingerprint density at radius 3 is 2.56 bits per heavy atom. The molecule has 0 atom stereocenters. The minimum absolute atomic E-state index is 0.0902. The van der Waals surface area contributed by atoms with Crippen LogP contribution in [0.15, 0.2) is 18.2 Å². The van der Waals surface area contributed by atoms with Crippen LogP contribution in [-0.4, -0.2) is 42.5 Å². The fourth-order valence-electron chi connectivity index (χ4n) is 2.25. The van der Waals surface area contributed by atoms with Crippen molar-refractivity contribution >= 4 is 23.0 Å². The number of hydrogen-bond donors (Lipinski definition) is 0. The number of nitro groups is 1. The Morgan fingerprint density at radius 2 is 2.00 bits per heavy atom. The van der Waals surface area contributed by atoms with Crippen LogP contribution in [-0.2, 0) is 0 Å². The van der Waals surface area contributed by atoms with Crippen LogP contribution >= 0.6 is 11.6 Å². The molecule has 1 saturated heterocycles. The number of para-hydroxylation sites is 1. The number of piperazine rings is 1. The molecule has 1 fully saturated rings. The maximum Gasteiger partial charge on any atom is 0.294 e. The summed E-state index contributed by atoms with van der Waals surface area (Å²) in [6, 6.07) is 4.83. The zero-order chi connectivity index (χ0) is 13.1. The van der Waals surface area contributed by atoms with Gasteiger partial charge in [-0.25, -0.2) is 0 Å². The van der Waals surface area contributed by atoms with Crippen LogP contribution in [0.25, 0.3) is 0 Å². The molecular weight excluding hydrogens is 254 g/mol. The predicted molar refractivity (Wildman–Crippen MR) is 72.4 cm³/mol. The lowest BCUT2D eigenvalue weighted by atomic mass is 10.2. The van der Waals surface area contributed by atoms with Gasteiger partial charge < -0.3 is 9.80 Å². The molecule has 0 radical (unpaired) electrons. The summed E-state index contributed by atoms with van der Waals surface area (Å²) in [4.78, 5) is 15.0. The summed E-state index contributed by atoms with van der Waals surface area (Å²) in [5, 5.41) is 11.5. The second kappa shape index (κ2) is 5.54. The summed E-state index contributed by atoms with van der Waals surface area (Å²) in [6.45, 7) is 6.51. The molecule has 0 aromatic heterocycles. The van der Waals surface area contributed by atoms with Crippen LogP contribution in [0.1, 0.15) is 6.92 Å². The number of nitrogens with zero attached hydrogens (tertiary/aromatic N) is 3. The van der Waals surface area contributed by atoms with Gasteiger partial charge in [0.25, 0.3) is 5.69 Å². The first kappa shape index (κ1) is 13.1. The molecule has 0 unspecified atom stereocenters. The summed E-state index contributed by atoms with van der Waals surface area (Å²) in [7, 11) is 0. The smallest absolute Gasteiger partial charge is 0.294 e. The Kier molecular flexibility index (Phi) is 4.04.